The van der Waals surface area contributed by atoms with Crippen LogP contribution in [0.5, 0.6) is 11.5 Å². The summed E-state index contributed by atoms with van der Waals surface area (Å²) >= 11 is 2.56. The average Bonchev–Trinajstić information content (AvgIpc) is 3.28. The van der Waals surface area contributed by atoms with Crippen LogP contribution in [0.4, 0.5) is 5.13 Å². The molecule has 0 radical (unpaired) electrons. The van der Waals surface area contributed by atoms with Gasteiger partial charge in [0.15, 0.2) is 10.2 Å². The number of anilines is 1. The van der Waals surface area contributed by atoms with Gasteiger partial charge in [-0.05, 0) is 12.1 Å². The maximum Gasteiger partial charge on any atom is 0.236 e. The van der Waals surface area contributed by atoms with Crippen molar-refractivity contribution in [3.05, 3.63) is 24.5 Å². The van der Waals surface area contributed by atoms with Gasteiger partial charge >= 0.3 is 0 Å². The lowest BCUT2D eigenvalue weighted by Gasteiger charge is -2.07. The van der Waals surface area contributed by atoms with Crippen molar-refractivity contribution in [1.82, 2.24) is 25.0 Å². The van der Waals surface area contributed by atoms with Crippen LogP contribution in [-0.2, 0) is 11.8 Å². The summed E-state index contributed by atoms with van der Waals surface area (Å²) in [6.07, 6.45) is 1.58. The summed E-state index contributed by atoms with van der Waals surface area (Å²) in [5, 5.41) is 20.3. The zero-order valence-electron chi connectivity index (χ0n) is 14.3. The summed E-state index contributed by atoms with van der Waals surface area (Å²) < 4.78 is 12.3. The van der Waals surface area contributed by atoms with Crippen molar-refractivity contribution in [1.29, 1.82) is 0 Å². The molecule has 3 rings (SSSR count). The zero-order chi connectivity index (χ0) is 18.5. The molecule has 0 fully saturated rings. The number of carbonyl (C=O) groups is 1. The van der Waals surface area contributed by atoms with Crippen LogP contribution in [-0.4, -0.2) is 50.8 Å². The third-order valence-corrected chi connectivity index (χ3v) is 5.22. The van der Waals surface area contributed by atoms with Gasteiger partial charge in [0.25, 0.3) is 0 Å². The summed E-state index contributed by atoms with van der Waals surface area (Å²) in [4.78, 5) is 12.1. The second kappa shape index (κ2) is 8.15. The van der Waals surface area contributed by atoms with E-state index in [-0.39, 0.29) is 11.7 Å². The first-order valence-corrected chi connectivity index (χ1v) is 9.23. The molecule has 3 aromatic rings. The minimum Gasteiger partial charge on any atom is -0.497 e. The number of aromatic nitrogens is 5. The van der Waals surface area contributed by atoms with E-state index in [4.69, 9.17) is 9.47 Å². The number of methoxy groups -OCH3 is 2. The molecule has 0 spiro atoms. The van der Waals surface area contributed by atoms with Crippen molar-refractivity contribution in [2.45, 2.75) is 5.16 Å². The monoisotopic (exact) mass is 392 g/mol. The lowest BCUT2D eigenvalue weighted by atomic mass is 10.2. The largest absolute Gasteiger partial charge is 0.497 e. The zero-order valence-corrected chi connectivity index (χ0v) is 15.9. The molecular weight excluding hydrogens is 376 g/mol. The van der Waals surface area contributed by atoms with Crippen molar-refractivity contribution >= 4 is 34.1 Å². The summed E-state index contributed by atoms with van der Waals surface area (Å²) in [5.74, 6) is 1.32. The van der Waals surface area contributed by atoms with E-state index in [2.05, 4.69) is 25.7 Å². The fraction of sp³-hybridized carbons (Fsp3) is 0.267. The van der Waals surface area contributed by atoms with E-state index in [0.29, 0.717) is 26.8 Å². The Bertz CT molecular complexity index is 910. The van der Waals surface area contributed by atoms with Crippen LogP contribution in [0.15, 0.2) is 29.7 Å². The molecule has 136 valence electrons. The smallest absolute Gasteiger partial charge is 0.236 e. The molecule has 0 atom stereocenters. The van der Waals surface area contributed by atoms with E-state index in [1.54, 1.807) is 31.2 Å². The highest BCUT2D eigenvalue weighted by atomic mass is 32.2. The Labute approximate surface area is 157 Å². The van der Waals surface area contributed by atoms with Crippen LogP contribution < -0.4 is 14.8 Å². The molecule has 9 nitrogen and oxygen atoms in total. The number of amides is 1. The van der Waals surface area contributed by atoms with Crippen molar-refractivity contribution < 1.29 is 14.3 Å². The number of aryl methyl sites for hydroxylation is 1. The number of thioether (sulfide) groups is 1. The Morgan fingerprint density at radius 1 is 1.27 bits per heavy atom. The minimum absolute atomic E-state index is 0.192. The molecule has 0 aliphatic heterocycles. The first-order chi connectivity index (χ1) is 12.6. The number of carbonyl (C=O) groups excluding carboxylic acids is 1. The number of nitrogens with one attached hydrogen (secondary N) is 1. The Balaban J connectivity index is 1.66. The molecule has 0 aliphatic carbocycles. The average molecular weight is 392 g/mol. The van der Waals surface area contributed by atoms with E-state index in [1.165, 1.54) is 23.1 Å². The van der Waals surface area contributed by atoms with Gasteiger partial charge < -0.3 is 14.0 Å². The van der Waals surface area contributed by atoms with Crippen molar-refractivity contribution in [3.63, 3.8) is 0 Å². The first-order valence-electron chi connectivity index (χ1n) is 7.43. The summed E-state index contributed by atoms with van der Waals surface area (Å²) in [6, 6.07) is 5.43. The molecule has 2 heterocycles. The lowest BCUT2D eigenvalue weighted by molar-refractivity contribution is -0.113. The Morgan fingerprint density at radius 3 is 2.81 bits per heavy atom. The first kappa shape index (κ1) is 18.1. The highest BCUT2D eigenvalue weighted by Crippen LogP contribution is 2.35. The second-order valence-corrected chi connectivity index (χ2v) is 6.96. The normalized spacial score (nSPS) is 10.6. The van der Waals surface area contributed by atoms with E-state index in [9.17, 15) is 4.79 Å². The van der Waals surface area contributed by atoms with Gasteiger partial charge in [-0.25, -0.2) is 0 Å². The van der Waals surface area contributed by atoms with Crippen LogP contribution in [0.3, 0.4) is 0 Å². The van der Waals surface area contributed by atoms with E-state index >= 15 is 0 Å². The fourth-order valence-corrected chi connectivity index (χ4v) is 3.52. The van der Waals surface area contributed by atoms with Gasteiger partial charge in [0.05, 0.1) is 25.5 Å². The molecule has 1 N–H and O–H groups in total. The highest BCUT2D eigenvalue weighted by Gasteiger charge is 2.15. The van der Waals surface area contributed by atoms with Crippen molar-refractivity contribution in [2.75, 3.05) is 25.3 Å². The molecule has 0 unspecified atom stereocenters. The van der Waals surface area contributed by atoms with Crippen LogP contribution in [0.25, 0.3) is 10.6 Å². The fourth-order valence-electron chi connectivity index (χ4n) is 2.05. The quantitative estimate of drug-likeness (QED) is 0.610. The molecule has 1 aromatic carbocycles. The molecule has 1 amide bonds. The van der Waals surface area contributed by atoms with E-state index in [0.717, 1.165) is 5.56 Å². The number of hydrogen-bond acceptors (Lipinski definition) is 9. The molecule has 11 heteroatoms. The number of rotatable bonds is 7. The van der Waals surface area contributed by atoms with Gasteiger partial charge in [0.1, 0.15) is 17.8 Å². The Kier molecular flexibility index (Phi) is 5.68. The van der Waals surface area contributed by atoms with Gasteiger partial charge in [-0.15, -0.1) is 20.4 Å². The number of hydrogen-bond donors (Lipinski definition) is 1. The van der Waals surface area contributed by atoms with Crippen molar-refractivity contribution in [3.8, 4) is 22.1 Å². The third kappa shape index (κ3) is 4.11. The molecule has 0 saturated carbocycles. The van der Waals surface area contributed by atoms with E-state index < -0.39 is 0 Å². The summed E-state index contributed by atoms with van der Waals surface area (Å²) in [6.45, 7) is 0. The molecule has 0 aliphatic rings. The summed E-state index contributed by atoms with van der Waals surface area (Å²) in [5.41, 5.74) is 0.778. The Hall–Kier alpha value is -2.66. The standard InChI is InChI=1S/C15H16N6O3S2/c1-21-8-16-20-15(21)25-7-12(22)17-14-19-18-13(26-14)10-5-4-9(23-2)6-11(10)24-3/h4-6,8H,7H2,1-3H3,(H,17,19,22). The van der Waals surface area contributed by atoms with Gasteiger partial charge in [0, 0.05) is 13.1 Å². The molecule has 26 heavy (non-hydrogen) atoms. The number of ether oxygens (including phenoxy) is 2. The van der Waals surface area contributed by atoms with Gasteiger partial charge in [0.2, 0.25) is 11.0 Å². The van der Waals surface area contributed by atoms with Crippen molar-refractivity contribution in [2.24, 2.45) is 7.05 Å². The van der Waals surface area contributed by atoms with Crippen LogP contribution in [0.2, 0.25) is 0 Å². The molecular formula is C15H16N6O3S2. The predicted octanol–water partition coefficient (Wildman–Crippen LogP) is 2.08. The maximum atomic E-state index is 12.1. The molecule has 0 saturated heterocycles. The Morgan fingerprint density at radius 2 is 2.12 bits per heavy atom. The van der Waals surface area contributed by atoms with Gasteiger partial charge in [-0.3, -0.25) is 10.1 Å². The molecule has 2 aromatic heterocycles. The number of benzene rings is 1. The molecule has 0 bridgehead atoms. The van der Waals surface area contributed by atoms with Gasteiger partial charge in [-0.2, -0.15) is 0 Å². The minimum atomic E-state index is -0.192. The SMILES string of the molecule is COc1ccc(-c2nnc(NC(=O)CSc3nncn3C)s2)c(OC)c1. The van der Waals surface area contributed by atoms with E-state index in [1.807, 2.05) is 19.2 Å². The van der Waals surface area contributed by atoms with Gasteiger partial charge in [-0.1, -0.05) is 23.1 Å². The lowest BCUT2D eigenvalue weighted by Crippen LogP contribution is -2.14. The second-order valence-electron chi connectivity index (χ2n) is 5.04. The number of nitrogens with zero attached hydrogens (tertiary/aromatic N) is 5. The van der Waals surface area contributed by atoms with Crippen LogP contribution in [0, 0.1) is 0 Å². The highest BCUT2D eigenvalue weighted by molar-refractivity contribution is 7.99. The maximum absolute atomic E-state index is 12.1. The predicted molar refractivity (Wildman–Crippen MR) is 98.8 cm³/mol. The topological polar surface area (TPSA) is 104 Å². The van der Waals surface area contributed by atoms with Crippen LogP contribution >= 0.6 is 23.1 Å². The third-order valence-electron chi connectivity index (χ3n) is 3.31. The summed E-state index contributed by atoms with van der Waals surface area (Å²) in [7, 11) is 4.98. The van der Waals surface area contributed by atoms with Crippen LogP contribution in [0.1, 0.15) is 0 Å².